The Hall–Kier alpha value is -2.55. The summed E-state index contributed by atoms with van der Waals surface area (Å²) < 4.78 is 7.96. The molecule has 0 aliphatic rings. The summed E-state index contributed by atoms with van der Waals surface area (Å²) in [5.74, 6) is 2.79. The van der Waals surface area contributed by atoms with Gasteiger partial charge in [0.15, 0.2) is 5.96 Å². The Bertz CT molecular complexity index is 942. The van der Waals surface area contributed by atoms with Gasteiger partial charge in [-0.2, -0.15) is 0 Å². The van der Waals surface area contributed by atoms with Crippen molar-refractivity contribution in [2.45, 2.75) is 26.9 Å². The average molecular weight is 533 g/mol. The van der Waals surface area contributed by atoms with Gasteiger partial charge in [-0.3, -0.25) is 0 Å². The number of ether oxygens (including phenoxy) is 1. The van der Waals surface area contributed by atoms with Crippen LogP contribution in [-0.4, -0.2) is 47.2 Å². The number of aryl methyl sites for hydroxylation is 1. The Morgan fingerprint density at radius 1 is 1.13 bits per heavy atom. The molecule has 2 aromatic carbocycles. The molecule has 7 heteroatoms. The average Bonchev–Trinajstić information content (AvgIpc) is 3.16. The van der Waals surface area contributed by atoms with Gasteiger partial charge in [-0.15, -0.1) is 24.0 Å². The van der Waals surface area contributed by atoms with E-state index in [0.29, 0.717) is 13.2 Å². The standard InChI is InChI=1S/C24H31N5O.HI/c1-4-25-24(28(3)15-16-30-23-11-6-5-7-12-23)27-18-21-9-8-10-22(17-21)19-29-14-13-26-20(29)2;/h5-14,17H,4,15-16,18-19H2,1-3H3,(H,25,27);1H. The van der Waals surface area contributed by atoms with E-state index >= 15 is 0 Å². The fourth-order valence-corrected chi connectivity index (χ4v) is 3.15. The summed E-state index contributed by atoms with van der Waals surface area (Å²) in [4.78, 5) is 11.2. The predicted molar refractivity (Wildman–Crippen MR) is 137 cm³/mol. The van der Waals surface area contributed by atoms with Crippen LogP contribution < -0.4 is 10.1 Å². The van der Waals surface area contributed by atoms with Gasteiger partial charge in [-0.1, -0.05) is 42.5 Å². The van der Waals surface area contributed by atoms with E-state index in [4.69, 9.17) is 9.73 Å². The molecule has 0 aliphatic carbocycles. The molecular weight excluding hydrogens is 501 g/mol. The Labute approximate surface area is 202 Å². The van der Waals surface area contributed by atoms with Gasteiger partial charge in [0.25, 0.3) is 0 Å². The first-order chi connectivity index (χ1) is 14.7. The second-order valence-corrected chi connectivity index (χ2v) is 7.18. The lowest BCUT2D eigenvalue weighted by molar-refractivity contribution is 0.281. The van der Waals surface area contributed by atoms with Crippen LogP contribution in [0.3, 0.4) is 0 Å². The quantitative estimate of drug-likeness (QED) is 0.253. The van der Waals surface area contributed by atoms with Crippen LogP contribution in [0.5, 0.6) is 5.75 Å². The van der Waals surface area contributed by atoms with Gasteiger partial charge < -0.3 is 19.5 Å². The van der Waals surface area contributed by atoms with Crippen LogP contribution in [0.15, 0.2) is 72.0 Å². The number of para-hydroxylation sites is 1. The van der Waals surface area contributed by atoms with E-state index in [1.807, 2.05) is 56.7 Å². The lowest BCUT2D eigenvalue weighted by Crippen LogP contribution is -2.40. The van der Waals surface area contributed by atoms with Crippen molar-refractivity contribution in [1.82, 2.24) is 19.8 Å². The number of nitrogens with zero attached hydrogens (tertiary/aromatic N) is 4. The molecule has 1 N–H and O–H groups in total. The molecule has 0 spiro atoms. The van der Waals surface area contributed by atoms with Crippen molar-refractivity contribution < 1.29 is 4.74 Å². The number of benzene rings is 2. The highest BCUT2D eigenvalue weighted by molar-refractivity contribution is 14.0. The van der Waals surface area contributed by atoms with Gasteiger partial charge in [0.2, 0.25) is 0 Å². The first kappa shape index (κ1) is 24.7. The molecule has 6 nitrogen and oxygen atoms in total. The summed E-state index contributed by atoms with van der Waals surface area (Å²) in [5.41, 5.74) is 2.44. The van der Waals surface area contributed by atoms with E-state index in [1.54, 1.807) is 0 Å². The zero-order valence-electron chi connectivity index (χ0n) is 18.5. The topological polar surface area (TPSA) is 54.7 Å². The highest BCUT2D eigenvalue weighted by atomic mass is 127. The monoisotopic (exact) mass is 533 g/mol. The fourth-order valence-electron chi connectivity index (χ4n) is 3.15. The number of guanidine groups is 1. The van der Waals surface area contributed by atoms with Crippen LogP contribution in [0.1, 0.15) is 23.9 Å². The molecule has 31 heavy (non-hydrogen) atoms. The Morgan fingerprint density at radius 2 is 1.90 bits per heavy atom. The summed E-state index contributed by atoms with van der Waals surface area (Å²) in [6.07, 6.45) is 3.85. The number of imidazole rings is 1. The number of halogens is 1. The zero-order chi connectivity index (χ0) is 21.2. The van der Waals surface area contributed by atoms with Crippen molar-refractivity contribution in [3.63, 3.8) is 0 Å². The highest BCUT2D eigenvalue weighted by Crippen LogP contribution is 2.10. The van der Waals surface area contributed by atoms with Gasteiger partial charge in [-0.05, 0) is 37.1 Å². The third-order valence-electron chi connectivity index (χ3n) is 4.81. The lowest BCUT2D eigenvalue weighted by Gasteiger charge is -2.22. The van der Waals surface area contributed by atoms with Gasteiger partial charge in [0.1, 0.15) is 18.2 Å². The SMILES string of the molecule is CCNC(=NCc1cccc(Cn2ccnc2C)c1)N(C)CCOc1ccccc1.I. The number of aliphatic imine (C=N–C) groups is 1. The third kappa shape index (κ3) is 7.90. The third-order valence-corrected chi connectivity index (χ3v) is 4.81. The summed E-state index contributed by atoms with van der Waals surface area (Å²) in [6, 6.07) is 18.5. The Kier molecular flexibility index (Phi) is 10.4. The minimum Gasteiger partial charge on any atom is -0.492 e. The molecular formula is C24H32IN5O. The van der Waals surface area contributed by atoms with E-state index < -0.39 is 0 Å². The molecule has 166 valence electrons. The fraction of sp³-hybridized carbons (Fsp3) is 0.333. The zero-order valence-corrected chi connectivity index (χ0v) is 20.8. The van der Waals surface area contributed by atoms with Crippen molar-refractivity contribution >= 4 is 29.9 Å². The van der Waals surface area contributed by atoms with Crippen molar-refractivity contribution in [3.05, 3.63) is 83.9 Å². The minimum atomic E-state index is 0. The molecule has 3 aromatic rings. The van der Waals surface area contributed by atoms with E-state index in [9.17, 15) is 0 Å². The highest BCUT2D eigenvalue weighted by Gasteiger charge is 2.06. The molecule has 0 saturated heterocycles. The van der Waals surface area contributed by atoms with E-state index in [-0.39, 0.29) is 24.0 Å². The van der Waals surface area contributed by atoms with Gasteiger partial charge in [0, 0.05) is 32.5 Å². The van der Waals surface area contributed by atoms with Crippen LogP contribution in [0.2, 0.25) is 0 Å². The van der Waals surface area contributed by atoms with Crippen molar-refractivity contribution in [1.29, 1.82) is 0 Å². The van der Waals surface area contributed by atoms with Crippen LogP contribution in [-0.2, 0) is 13.1 Å². The largest absolute Gasteiger partial charge is 0.492 e. The summed E-state index contributed by atoms with van der Waals surface area (Å²) in [5, 5.41) is 3.37. The lowest BCUT2D eigenvalue weighted by atomic mass is 10.1. The number of likely N-dealkylation sites (N-methyl/N-ethyl adjacent to an activating group) is 1. The second kappa shape index (κ2) is 13.0. The molecule has 3 rings (SSSR count). The Balaban J connectivity index is 0.00000341. The van der Waals surface area contributed by atoms with Crippen LogP contribution in [0.25, 0.3) is 0 Å². The van der Waals surface area contributed by atoms with Crippen LogP contribution in [0, 0.1) is 6.92 Å². The summed E-state index contributed by atoms with van der Waals surface area (Å²) >= 11 is 0. The minimum absolute atomic E-state index is 0. The van der Waals surface area contributed by atoms with Crippen molar-refractivity contribution in [2.75, 3.05) is 26.7 Å². The summed E-state index contributed by atoms with van der Waals surface area (Å²) in [7, 11) is 2.04. The number of nitrogens with one attached hydrogen (secondary N) is 1. The van der Waals surface area contributed by atoms with Gasteiger partial charge in [-0.25, -0.2) is 9.98 Å². The maximum absolute atomic E-state index is 5.81. The number of hydrogen-bond donors (Lipinski definition) is 1. The van der Waals surface area contributed by atoms with Crippen molar-refractivity contribution in [2.24, 2.45) is 4.99 Å². The maximum Gasteiger partial charge on any atom is 0.194 e. The smallest absolute Gasteiger partial charge is 0.194 e. The molecule has 0 unspecified atom stereocenters. The first-order valence-electron chi connectivity index (χ1n) is 10.4. The van der Waals surface area contributed by atoms with Gasteiger partial charge in [0.05, 0.1) is 13.1 Å². The van der Waals surface area contributed by atoms with E-state index in [0.717, 1.165) is 37.2 Å². The number of hydrogen-bond acceptors (Lipinski definition) is 3. The number of rotatable bonds is 9. The molecule has 0 saturated carbocycles. The molecule has 0 amide bonds. The molecule has 0 atom stereocenters. The molecule has 0 bridgehead atoms. The van der Waals surface area contributed by atoms with Crippen molar-refractivity contribution in [3.8, 4) is 5.75 Å². The van der Waals surface area contributed by atoms with Gasteiger partial charge >= 0.3 is 0 Å². The molecule has 1 heterocycles. The maximum atomic E-state index is 5.81. The van der Waals surface area contributed by atoms with Crippen LogP contribution >= 0.6 is 24.0 Å². The molecule has 0 fully saturated rings. The molecule has 0 aliphatic heterocycles. The first-order valence-corrected chi connectivity index (χ1v) is 10.4. The van der Waals surface area contributed by atoms with E-state index in [1.165, 1.54) is 11.1 Å². The normalized spacial score (nSPS) is 11.0. The van der Waals surface area contributed by atoms with Crippen LogP contribution in [0.4, 0.5) is 0 Å². The Morgan fingerprint density at radius 3 is 2.61 bits per heavy atom. The predicted octanol–water partition coefficient (Wildman–Crippen LogP) is 4.33. The summed E-state index contributed by atoms with van der Waals surface area (Å²) in [6.45, 7) is 7.73. The number of aromatic nitrogens is 2. The second-order valence-electron chi connectivity index (χ2n) is 7.18. The van der Waals surface area contributed by atoms with E-state index in [2.05, 4.69) is 51.0 Å². The molecule has 0 radical (unpaired) electrons. The molecule has 1 aromatic heterocycles.